The number of hydrogen-bond acceptors (Lipinski definition) is 13. The van der Waals surface area contributed by atoms with Crippen molar-refractivity contribution in [2.75, 3.05) is 53.7 Å². The van der Waals surface area contributed by atoms with Crippen molar-refractivity contribution >= 4 is 79.5 Å². The Morgan fingerprint density at radius 1 is 1.03 bits per heavy atom. The number of carbonyl (C=O) groups is 4. The number of thiophene rings is 1. The average molecular weight is 995 g/mol. The second kappa shape index (κ2) is 19.3. The Kier molecular flexibility index (Phi) is 13.8. The van der Waals surface area contributed by atoms with E-state index in [2.05, 4.69) is 22.5 Å². The summed E-state index contributed by atoms with van der Waals surface area (Å²) < 4.78 is 51.3. The van der Waals surface area contributed by atoms with Crippen LogP contribution in [0, 0.1) is 5.82 Å². The first-order valence-corrected chi connectivity index (χ1v) is 25.0. The monoisotopic (exact) mass is 993 g/mol. The Balaban J connectivity index is 0.857. The lowest BCUT2D eigenvalue weighted by molar-refractivity contribution is -0.134. The molecule has 1 unspecified atom stereocenters. The quantitative estimate of drug-likeness (QED) is 0.0606. The molecule has 1 aromatic heterocycles. The highest BCUT2D eigenvalue weighted by molar-refractivity contribution is 7.88. The van der Waals surface area contributed by atoms with Gasteiger partial charge in [0.05, 0.1) is 16.3 Å². The Hall–Kier alpha value is -5.77. The second-order valence-corrected chi connectivity index (χ2v) is 21.4. The van der Waals surface area contributed by atoms with E-state index in [9.17, 15) is 42.9 Å². The standard InChI is InChI=1S/C47H53ClFN7O10S2/c1-26-53(4)40-34(56(26)35-13-14-36(57)52-44(35)60)12-11-33(39(40)49)28-15-18-54(19-16-28)46(63)51-30-9-5-7-27(21-30)25-68(64,65)55-20-17-32(23-47(55,2)3)50-31-10-6-8-29(22-31)42-38(48)41(66-24-37(58)59)43(67-42)45(61)62/h5-12,21-22,28,32,35,37,50,58-59H,1,13-20,23-25H2,2-4H3,(H,51,63)(H,61,62)(H,52,57,60)/t32-,35?/m0/s1. The van der Waals surface area contributed by atoms with Gasteiger partial charge in [0.25, 0.3) is 0 Å². The molecule has 4 aromatic rings. The fourth-order valence-corrected chi connectivity index (χ4v) is 13.1. The van der Waals surface area contributed by atoms with Crippen LogP contribution in [0.4, 0.5) is 31.9 Å². The third kappa shape index (κ3) is 9.88. The van der Waals surface area contributed by atoms with Crippen molar-refractivity contribution in [2.45, 2.75) is 88.0 Å². The summed E-state index contributed by atoms with van der Waals surface area (Å²) in [5.41, 5.74) is 2.84. The normalized spacial score (nSPS) is 20.1. The van der Waals surface area contributed by atoms with Crippen LogP contribution in [0.2, 0.25) is 5.02 Å². The molecule has 68 heavy (non-hydrogen) atoms. The van der Waals surface area contributed by atoms with Crippen molar-refractivity contribution < 1.29 is 52.0 Å². The fourth-order valence-electron chi connectivity index (χ4n) is 9.74. The van der Waals surface area contributed by atoms with Crippen LogP contribution in [0.3, 0.4) is 0 Å². The van der Waals surface area contributed by atoms with Gasteiger partial charge < -0.3 is 45.4 Å². The van der Waals surface area contributed by atoms with Gasteiger partial charge in [-0.15, -0.1) is 11.3 Å². The van der Waals surface area contributed by atoms with Gasteiger partial charge in [-0.25, -0.2) is 22.4 Å². The van der Waals surface area contributed by atoms with Crippen LogP contribution >= 0.6 is 22.9 Å². The van der Waals surface area contributed by atoms with Crippen molar-refractivity contribution in [3.63, 3.8) is 0 Å². The summed E-state index contributed by atoms with van der Waals surface area (Å²) in [5.74, 6) is -2.63. The molecule has 3 fully saturated rings. The third-order valence-corrected chi connectivity index (χ3v) is 16.7. The maximum atomic E-state index is 16.3. The molecule has 0 spiro atoms. The number of aliphatic hydroxyl groups is 2. The summed E-state index contributed by atoms with van der Waals surface area (Å²) in [6, 6.07) is 16.3. The van der Waals surface area contributed by atoms with E-state index in [-0.39, 0.29) is 58.3 Å². The molecule has 17 nitrogen and oxygen atoms in total. The predicted octanol–water partition coefficient (Wildman–Crippen LogP) is 6.72. The zero-order valence-corrected chi connectivity index (χ0v) is 40.0. The number of likely N-dealkylation sites (tertiary alicyclic amines) is 1. The lowest BCUT2D eigenvalue weighted by Crippen LogP contribution is -2.55. The number of carbonyl (C=O) groups excluding carboxylic acids is 3. The number of aliphatic hydroxyl groups excluding tert-OH is 1. The maximum absolute atomic E-state index is 16.3. The minimum atomic E-state index is -3.83. The van der Waals surface area contributed by atoms with E-state index in [4.69, 9.17) is 16.3 Å². The van der Waals surface area contributed by atoms with Gasteiger partial charge >= 0.3 is 12.0 Å². The van der Waals surface area contributed by atoms with Gasteiger partial charge in [-0.05, 0) is 98.9 Å². The number of nitrogens with one attached hydrogen (secondary N) is 3. The van der Waals surface area contributed by atoms with Gasteiger partial charge in [0.15, 0.2) is 22.7 Å². The summed E-state index contributed by atoms with van der Waals surface area (Å²) in [6.07, 6.45) is 0.634. The highest BCUT2D eigenvalue weighted by Gasteiger charge is 2.43. The van der Waals surface area contributed by atoms with Crippen molar-refractivity contribution in [3.05, 3.63) is 99.9 Å². The Labute approximate surface area is 402 Å². The van der Waals surface area contributed by atoms with E-state index in [0.29, 0.717) is 95.3 Å². The predicted molar refractivity (Wildman–Crippen MR) is 257 cm³/mol. The Bertz CT molecular complexity index is 2780. The summed E-state index contributed by atoms with van der Waals surface area (Å²) in [7, 11) is -2.13. The Morgan fingerprint density at radius 2 is 1.75 bits per heavy atom. The molecule has 362 valence electrons. The number of rotatable bonds is 13. The Morgan fingerprint density at radius 3 is 2.44 bits per heavy atom. The second-order valence-electron chi connectivity index (χ2n) is 18.1. The number of sulfonamides is 1. The number of anilines is 4. The third-order valence-electron chi connectivity index (χ3n) is 13.0. The first-order chi connectivity index (χ1) is 32.2. The SMILES string of the molecule is C=C1N(C)c2c(ccc(C3CCN(C(=O)Nc4cccc(CS(=O)(=O)N5CC[C@H](Nc6cccc(-c7sc(C(=O)O)c(OCC(O)O)c7Cl)c6)CC5(C)C)c4)CC3)c2F)N1C1CCC(=O)NC1=O. The number of benzene rings is 3. The number of carboxylic acids is 1. The molecular weight excluding hydrogens is 941 g/mol. The van der Waals surface area contributed by atoms with Gasteiger partial charge in [0.2, 0.25) is 21.8 Å². The van der Waals surface area contributed by atoms with Gasteiger partial charge in [0, 0.05) is 56.1 Å². The van der Waals surface area contributed by atoms with E-state index in [1.807, 2.05) is 26.0 Å². The van der Waals surface area contributed by atoms with Crippen molar-refractivity contribution in [3.8, 4) is 16.2 Å². The summed E-state index contributed by atoms with van der Waals surface area (Å²) in [6.45, 7) is 8.28. The molecule has 4 aliphatic rings. The maximum Gasteiger partial charge on any atom is 0.349 e. The molecule has 21 heteroatoms. The average Bonchev–Trinajstić information content (AvgIpc) is 3.74. The van der Waals surface area contributed by atoms with Crippen LogP contribution in [-0.2, 0) is 25.4 Å². The molecule has 6 N–H and O–H groups in total. The highest BCUT2D eigenvalue weighted by atomic mass is 35.5. The minimum Gasteiger partial charge on any atom is -0.485 e. The number of amides is 4. The minimum absolute atomic E-state index is 0.0328. The van der Waals surface area contributed by atoms with Crippen molar-refractivity contribution in [1.29, 1.82) is 0 Å². The molecule has 2 atom stereocenters. The van der Waals surface area contributed by atoms with Gasteiger partial charge in [0.1, 0.15) is 29.2 Å². The summed E-state index contributed by atoms with van der Waals surface area (Å²) >= 11 is 7.45. The van der Waals surface area contributed by atoms with E-state index in [0.717, 1.165) is 11.3 Å². The number of ether oxygens (including phenoxy) is 1. The number of urea groups is 1. The number of halogens is 2. The van der Waals surface area contributed by atoms with Crippen LogP contribution in [0.25, 0.3) is 10.4 Å². The summed E-state index contributed by atoms with van der Waals surface area (Å²) in [4.78, 5) is 55.2. The lowest BCUT2D eigenvalue weighted by Gasteiger charge is -2.45. The number of carboxylic acid groups (broad SMARTS) is 1. The largest absolute Gasteiger partial charge is 0.485 e. The molecule has 3 aromatic carbocycles. The molecular formula is C47H53ClFN7O10S2. The van der Waals surface area contributed by atoms with Crippen LogP contribution in [0.1, 0.15) is 79.1 Å². The van der Waals surface area contributed by atoms with Crippen molar-refractivity contribution in [1.82, 2.24) is 14.5 Å². The van der Waals surface area contributed by atoms with E-state index < -0.39 is 52.2 Å². The van der Waals surface area contributed by atoms with E-state index in [1.54, 1.807) is 70.3 Å². The molecule has 8 rings (SSSR count). The van der Waals surface area contributed by atoms with Crippen molar-refractivity contribution in [2.24, 2.45) is 0 Å². The fraction of sp³-hybridized carbons (Fsp3) is 0.404. The number of hydrogen-bond donors (Lipinski definition) is 6. The first-order valence-electron chi connectivity index (χ1n) is 22.2. The zero-order valence-electron chi connectivity index (χ0n) is 37.6. The van der Waals surface area contributed by atoms with Gasteiger partial charge in [-0.2, -0.15) is 4.31 Å². The first kappa shape index (κ1) is 48.7. The van der Waals surface area contributed by atoms with Gasteiger partial charge in [-0.3, -0.25) is 14.9 Å². The molecule has 0 aliphatic carbocycles. The molecule has 3 saturated heterocycles. The van der Waals surface area contributed by atoms with Crippen LogP contribution < -0.4 is 30.5 Å². The van der Waals surface area contributed by atoms with Gasteiger partial charge in [-0.1, -0.05) is 48.5 Å². The molecule has 0 radical (unpaired) electrons. The van der Waals surface area contributed by atoms with Crippen LogP contribution in [0.15, 0.2) is 73.1 Å². The molecule has 0 bridgehead atoms. The summed E-state index contributed by atoms with van der Waals surface area (Å²) in [5, 5.41) is 37.0. The molecule has 5 heterocycles. The number of imide groups is 1. The highest BCUT2D eigenvalue weighted by Crippen LogP contribution is 2.48. The number of piperidine rings is 3. The van der Waals surface area contributed by atoms with E-state index in [1.165, 1.54) is 4.31 Å². The molecule has 0 saturated carbocycles. The topological polar surface area (TPSA) is 221 Å². The lowest BCUT2D eigenvalue weighted by atomic mass is 9.88. The van der Waals surface area contributed by atoms with Crippen LogP contribution in [-0.4, -0.2) is 114 Å². The number of aromatic carboxylic acids is 1. The van der Waals surface area contributed by atoms with E-state index >= 15 is 4.39 Å². The number of nitrogens with zero attached hydrogens (tertiary/aromatic N) is 4. The number of fused-ring (bicyclic) bond motifs is 1. The molecule has 4 amide bonds. The zero-order chi connectivity index (χ0) is 48.8. The van der Waals surface area contributed by atoms with Crippen LogP contribution in [0.5, 0.6) is 5.75 Å². The smallest absolute Gasteiger partial charge is 0.349 e. The molecule has 4 aliphatic heterocycles.